The summed E-state index contributed by atoms with van der Waals surface area (Å²) in [6.45, 7) is 0.175. The van der Waals surface area contributed by atoms with Crippen LogP contribution in [0.2, 0.25) is 5.02 Å². The van der Waals surface area contributed by atoms with E-state index in [9.17, 15) is 14.0 Å². The summed E-state index contributed by atoms with van der Waals surface area (Å²) in [5, 5.41) is 5.37. The van der Waals surface area contributed by atoms with Crippen molar-refractivity contribution in [3.05, 3.63) is 125 Å². The van der Waals surface area contributed by atoms with Crippen molar-refractivity contribution in [2.24, 2.45) is 0 Å². The molecule has 0 radical (unpaired) electrons. The van der Waals surface area contributed by atoms with Gasteiger partial charge in [-0.25, -0.2) is 4.39 Å². The molecule has 1 atom stereocenters. The van der Waals surface area contributed by atoms with E-state index in [-0.39, 0.29) is 30.2 Å². The Labute approximate surface area is 225 Å². The van der Waals surface area contributed by atoms with Crippen LogP contribution in [-0.4, -0.2) is 24.5 Å². The fourth-order valence-corrected chi connectivity index (χ4v) is 3.81. The SMILES string of the molecule is O=C(Cc1cccc(Cl)c1F)NC(COCc1ccccc1)C(=O)Nc1ccc(Oc2ccccc2)cc1. The molecule has 2 amide bonds. The van der Waals surface area contributed by atoms with Gasteiger partial charge in [-0.2, -0.15) is 0 Å². The van der Waals surface area contributed by atoms with Crippen LogP contribution in [0.3, 0.4) is 0 Å². The van der Waals surface area contributed by atoms with Crippen LogP contribution in [0.4, 0.5) is 10.1 Å². The Balaban J connectivity index is 1.40. The number of carbonyl (C=O) groups excluding carboxylic acids is 2. The topological polar surface area (TPSA) is 76.7 Å². The fourth-order valence-electron chi connectivity index (χ4n) is 3.62. The number of rotatable bonds is 11. The quantitative estimate of drug-likeness (QED) is 0.243. The molecule has 0 aromatic heterocycles. The molecule has 2 N–H and O–H groups in total. The van der Waals surface area contributed by atoms with Crippen LogP contribution < -0.4 is 15.4 Å². The van der Waals surface area contributed by atoms with Gasteiger partial charge in [0, 0.05) is 5.69 Å². The summed E-state index contributed by atoms with van der Waals surface area (Å²) in [5.41, 5.74) is 1.57. The Kier molecular flexibility index (Phi) is 9.45. The highest BCUT2D eigenvalue weighted by molar-refractivity contribution is 6.30. The van der Waals surface area contributed by atoms with Crippen LogP contribution in [0.25, 0.3) is 0 Å². The van der Waals surface area contributed by atoms with Gasteiger partial charge >= 0.3 is 0 Å². The molecule has 4 rings (SSSR count). The van der Waals surface area contributed by atoms with Crippen LogP contribution >= 0.6 is 11.6 Å². The molecule has 6 nitrogen and oxygen atoms in total. The van der Waals surface area contributed by atoms with Crippen LogP contribution in [0, 0.1) is 5.82 Å². The van der Waals surface area contributed by atoms with Crippen LogP contribution in [0.15, 0.2) is 103 Å². The van der Waals surface area contributed by atoms with Gasteiger partial charge in [-0.1, -0.05) is 72.3 Å². The number of hydrogen-bond acceptors (Lipinski definition) is 4. The van der Waals surface area contributed by atoms with Gasteiger partial charge in [-0.05, 0) is 53.6 Å². The second-order valence-electron chi connectivity index (χ2n) is 8.44. The molecule has 194 valence electrons. The standard InChI is InChI=1S/C30H26ClFN2O4/c31-26-13-7-10-22(29(26)32)18-28(35)34-27(20-37-19-21-8-3-1-4-9-21)30(36)33-23-14-16-25(17-15-23)38-24-11-5-2-6-12-24/h1-17,27H,18-20H2,(H,33,36)(H,34,35). The zero-order valence-electron chi connectivity index (χ0n) is 20.4. The van der Waals surface area contributed by atoms with Crippen molar-refractivity contribution in [2.45, 2.75) is 19.1 Å². The lowest BCUT2D eigenvalue weighted by molar-refractivity contribution is -0.127. The predicted octanol–water partition coefficient (Wildman–Crippen LogP) is 6.15. The number of amides is 2. The predicted molar refractivity (Wildman–Crippen MR) is 145 cm³/mol. The zero-order chi connectivity index (χ0) is 26.7. The van der Waals surface area contributed by atoms with Gasteiger partial charge in [0.2, 0.25) is 11.8 Å². The fraction of sp³-hybridized carbons (Fsp3) is 0.133. The number of halogens is 2. The second kappa shape index (κ2) is 13.4. The molecule has 0 aliphatic rings. The number of carbonyl (C=O) groups is 2. The molecule has 38 heavy (non-hydrogen) atoms. The maximum atomic E-state index is 14.3. The molecule has 0 bridgehead atoms. The summed E-state index contributed by atoms with van der Waals surface area (Å²) >= 11 is 5.83. The number of benzene rings is 4. The van der Waals surface area contributed by atoms with E-state index in [1.54, 1.807) is 30.3 Å². The number of ether oxygens (including phenoxy) is 2. The van der Waals surface area contributed by atoms with Gasteiger partial charge < -0.3 is 20.1 Å². The molecule has 0 saturated carbocycles. The van der Waals surface area contributed by atoms with Crippen LogP contribution in [0.5, 0.6) is 11.5 Å². The molecule has 0 fully saturated rings. The Morgan fingerprint density at radius 3 is 2.18 bits per heavy atom. The molecular formula is C30H26ClFN2O4. The first-order valence-corrected chi connectivity index (χ1v) is 12.3. The monoisotopic (exact) mass is 532 g/mol. The Bertz CT molecular complexity index is 1350. The van der Waals surface area contributed by atoms with Crippen LogP contribution in [-0.2, 0) is 27.4 Å². The van der Waals surface area contributed by atoms with Crippen molar-refractivity contribution in [1.82, 2.24) is 5.32 Å². The van der Waals surface area contributed by atoms with Crippen molar-refractivity contribution in [2.75, 3.05) is 11.9 Å². The number of anilines is 1. The third-order valence-corrected chi connectivity index (χ3v) is 5.82. The summed E-state index contributed by atoms with van der Waals surface area (Å²) in [5.74, 6) is -0.382. The van der Waals surface area contributed by atoms with Gasteiger partial charge in [-0.15, -0.1) is 0 Å². The largest absolute Gasteiger partial charge is 0.457 e. The number of nitrogens with one attached hydrogen (secondary N) is 2. The maximum Gasteiger partial charge on any atom is 0.249 e. The third kappa shape index (κ3) is 7.90. The van der Waals surface area contributed by atoms with Crippen molar-refractivity contribution in [3.8, 4) is 11.5 Å². The highest BCUT2D eigenvalue weighted by Gasteiger charge is 2.22. The number of hydrogen-bond donors (Lipinski definition) is 2. The van der Waals surface area contributed by atoms with E-state index in [1.165, 1.54) is 12.1 Å². The van der Waals surface area contributed by atoms with Gasteiger partial charge in [0.25, 0.3) is 0 Å². The highest BCUT2D eigenvalue weighted by Crippen LogP contribution is 2.23. The Hall–Kier alpha value is -4.20. The summed E-state index contributed by atoms with van der Waals surface area (Å²) in [7, 11) is 0. The summed E-state index contributed by atoms with van der Waals surface area (Å²) < 4.78 is 25.8. The minimum atomic E-state index is -1.02. The van der Waals surface area contributed by atoms with Crippen molar-refractivity contribution >= 4 is 29.1 Å². The number of para-hydroxylation sites is 1. The van der Waals surface area contributed by atoms with Crippen LogP contribution in [0.1, 0.15) is 11.1 Å². The zero-order valence-corrected chi connectivity index (χ0v) is 21.2. The average molecular weight is 533 g/mol. The highest BCUT2D eigenvalue weighted by atomic mass is 35.5. The van der Waals surface area contributed by atoms with Gasteiger partial charge in [0.1, 0.15) is 23.4 Å². The molecule has 4 aromatic carbocycles. The van der Waals surface area contributed by atoms with Gasteiger partial charge in [-0.3, -0.25) is 9.59 Å². The maximum absolute atomic E-state index is 14.3. The summed E-state index contributed by atoms with van der Waals surface area (Å²) in [6.07, 6.45) is -0.277. The Morgan fingerprint density at radius 2 is 1.47 bits per heavy atom. The molecule has 0 spiro atoms. The van der Waals surface area contributed by atoms with Gasteiger partial charge in [0.15, 0.2) is 0 Å². The normalized spacial score (nSPS) is 11.4. The molecule has 0 aliphatic heterocycles. The van der Waals surface area contributed by atoms with Crippen molar-refractivity contribution in [1.29, 1.82) is 0 Å². The summed E-state index contributed by atoms with van der Waals surface area (Å²) in [6, 6.07) is 29.0. The van der Waals surface area contributed by atoms with Gasteiger partial charge in [0.05, 0.1) is 24.7 Å². The second-order valence-corrected chi connectivity index (χ2v) is 8.85. The smallest absolute Gasteiger partial charge is 0.249 e. The van der Waals surface area contributed by atoms with Crippen molar-refractivity contribution in [3.63, 3.8) is 0 Å². The molecule has 1 unspecified atom stereocenters. The minimum absolute atomic E-state index is 0.0736. The lowest BCUT2D eigenvalue weighted by Crippen LogP contribution is -2.47. The molecule has 0 aliphatic carbocycles. The molecule has 4 aromatic rings. The van der Waals surface area contributed by atoms with Crippen molar-refractivity contribution < 1.29 is 23.5 Å². The third-order valence-electron chi connectivity index (χ3n) is 5.53. The first-order valence-electron chi connectivity index (χ1n) is 12.0. The van der Waals surface area contributed by atoms with E-state index >= 15 is 0 Å². The Morgan fingerprint density at radius 1 is 0.816 bits per heavy atom. The summed E-state index contributed by atoms with van der Waals surface area (Å²) in [4.78, 5) is 25.8. The van der Waals surface area contributed by atoms with E-state index in [1.807, 2.05) is 60.7 Å². The molecule has 0 heterocycles. The van der Waals surface area contributed by atoms with E-state index in [4.69, 9.17) is 21.1 Å². The first kappa shape index (κ1) is 26.9. The van der Waals surface area contributed by atoms with E-state index < -0.39 is 23.7 Å². The molecule has 8 heteroatoms. The van der Waals surface area contributed by atoms with E-state index in [0.717, 1.165) is 5.56 Å². The lowest BCUT2D eigenvalue weighted by Gasteiger charge is -2.19. The molecular weight excluding hydrogens is 507 g/mol. The molecule has 0 saturated heterocycles. The first-order chi connectivity index (χ1) is 18.5. The van der Waals surface area contributed by atoms with E-state index in [2.05, 4.69) is 10.6 Å². The minimum Gasteiger partial charge on any atom is -0.457 e. The average Bonchev–Trinajstić information content (AvgIpc) is 2.93. The van der Waals surface area contributed by atoms with E-state index in [0.29, 0.717) is 17.2 Å². The lowest BCUT2D eigenvalue weighted by atomic mass is 10.1.